The smallest absolute Gasteiger partial charge is 0.129 e. The summed E-state index contributed by atoms with van der Waals surface area (Å²) in [5.41, 5.74) is 3.10. The Morgan fingerprint density at radius 1 is 1.39 bits per heavy atom. The van der Waals surface area contributed by atoms with E-state index in [4.69, 9.17) is 4.74 Å². The standard InChI is InChI=1S/C20H29NO2/c1-14(22)8-9-20(3)18-12-15-6-7-16(23-5)13-17(15)19(20,2)10-11-21(18)4/h6-7,13,18H,8-12H2,1-5H3/t18?,19-,20-/m1/s1. The molecule has 0 spiro atoms. The molecule has 0 amide bonds. The van der Waals surface area contributed by atoms with Crippen molar-refractivity contribution in [2.24, 2.45) is 5.41 Å². The minimum Gasteiger partial charge on any atom is -0.497 e. The first-order chi connectivity index (χ1) is 10.8. The second kappa shape index (κ2) is 5.62. The molecule has 0 saturated carbocycles. The maximum Gasteiger partial charge on any atom is 0.129 e. The Morgan fingerprint density at radius 2 is 2.13 bits per heavy atom. The van der Waals surface area contributed by atoms with Crippen LogP contribution in [0.3, 0.4) is 0 Å². The van der Waals surface area contributed by atoms with Crippen LogP contribution in [0.15, 0.2) is 18.2 Å². The summed E-state index contributed by atoms with van der Waals surface area (Å²) in [7, 11) is 3.98. The van der Waals surface area contributed by atoms with Gasteiger partial charge in [0.05, 0.1) is 7.11 Å². The molecule has 2 bridgehead atoms. The molecule has 0 aromatic heterocycles. The van der Waals surface area contributed by atoms with Crippen molar-refractivity contribution in [3.05, 3.63) is 29.3 Å². The van der Waals surface area contributed by atoms with Gasteiger partial charge < -0.3 is 14.4 Å². The van der Waals surface area contributed by atoms with Crippen molar-refractivity contribution in [1.82, 2.24) is 4.90 Å². The molecule has 3 heteroatoms. The summed E-state index contributed by atoms with van der Waals surface area (Å²) in [6.07, 6.45) is 3.84. The summed E-state index contributed by atoms with van der Waals surface area (Å²) < 4.78 is 5.49. The average Bonchev–Trinajstić information content (AvgIpc) is 2.52. The van der Waals surface area contributed by atoms with Crippen LogP contribution in [-0.4, -0.2) is 37.4 Å². The van der Waals surface area contributed by atoms with Crippen LogP contribution < -0.4 is 4.74 Å². The minimum atomic E-state index is 0.0990. The average molecular weight is 315 g/mol. The molecule has 1 aromatic rings. The zero-order valence-electron chi connectivity index (χ0n) is 15.1. The lowest BCUT2D eigenvalue weighted by molar-refractivity contribution is -0.119. The van der Waals surface area contributed by atoms with Crippen LogP contribution in [-0.2, 0) is 16.6 Å². The van der Waals surface area contributed by atoms with Gasteiger partial charge in [-0.1, -0.05) is 19.9 Å². The second-order valence-electron chi connectivity index (χ2n) is 7.93. The fraction of sp³-hybridized carbons (Fsp3) is 0.650. The zero-order valence-corrected chi connectivity index (χ0v) is 15.1. The SMILES string of the molecule is COc1ccc2c(c1)[C@@]1(C)CCN(C)C(C2)[C@@]1(C)CCC(C)=O. The van der Waals surface area contributed by atoms with Gasteiger partial charge in [-0.05, 0) is 68.5 Å². The van der Waals surface area contributed by atoms with Gasteiger partial charge in [0.15, 0.2) is 0 Å². The number of nitrogens with zero attached hydrogens (tertiary/aromatic N) is 1. The Kier molecular flexibility index (Phi) is 4.04. The van der Waals surface area contributed by atoms with Gasteiger partial charge in [0, 0.05) is 17.9 Å². The number of carbonyl (C=O) groups excluding carboxylic acids is 1. The molecule has 3 rings (SSSR count). The largest absolute Gasteiger partial charge is 0.497 e. The molecule has 3 nitrogen and oxygen atoms in total. The minimum absolute atomic E-state index is 0.0990. The fourth-order valence-electron chi connectivity index (χ4n) is 4.98. The molecular formula is C20H29NO2. The molecular weight excluding hydrogens is 286 g/mol. The number of likely N-dealkylation sites (tertiary alicyclic amines) is 1. The molecule has 23 heavy (non-hydrogen) atoms. The molecule has 1 heterocycles. The predicted molar refractivity (Wildman–Crippen MR) is 93.1 cm³/mol. The first-order valence-electron chi connectivity index (χ1n) is 8.69. The van der Waals surface area contributed by atoms with E-state index in [0.29, 0.717) is 18.2 Å². The molecule has 1 aliphatic heterocycles. The van der Waals surface area contributed by atoms with Gasteiger partial charge in [0.1, 0.15) is 11.5 Å². The van der Waals surface area contributed by atoms with Crippen LogP contribution in [0.2, 0.25) is 0 Å². The van der Waals surface area contributed by atoms with Gasteiger partial charge in [0.25, 0.3) is 0 Å². The molecule has 1 fully saturated rings. The number of ether oxygens (including phenoxy) is 1. The van der Waals surface area contributed by atoms with E-state index >= 15 is 0 Å². The topological polar surface area (TPSA) is 29.5 Å². The highest BCUT2D eigenvalue weighted by Gasteiger charge is 2.57. The fourth-order valence-corrected chi connectivity index (χ4v) is 4.98. The predicted octanol–water partition coefficient (Wildman–Crippen LogP) is 3.59. The number of likely N-dealkylation sites (N-methyl/N-ethyl adjacent to an activating group) is 1. The molecule has 1 aromatic carbocycles. The van der Waals surface area contributed by atoms with Crippen molar-refractivity contribution in [1.29, 1.82) is 0 Å². The van der Waals surface area contributed by atoms with Gasteiger partial charge >= 0.3 is 0 Å². The molecule has 2 aliphatic rings. The molecule has 1 aliphatic carbocycles. The molecule has 0 radical (unpaired) electrons. The van der Waals surface area contributed by atoms with E-state index in [0.717, 1.165) is 31.6 Å². The number of methoxy groups -OCH3 is 1. The van der Waals surface area contributed by atoms with E-state index in [9.17, 15) is 4.79 Å². The van der Waals surface area contributed by atoms with E-state index in [1.165, 1.54) is 11.1 Å². The van der Waals surface area contributed by atoms with Crippen LogP contribution in [0.25, 0.3) is 0 Å². The zero-order chi connectivity index (χ0) is 16.8. The third-order valence-corrected chi connectivity index (χ3v) is 6.81. The molecule has 1 unspecified atom stereocenters. The van der Waals surface area contributed by atoms with Crippen molar-refractivity contribution in [2.45, 2.75) is 57.9 Å². The van der Waals surface area contributed by atoms with Crippen LogP contribution in [0.4, 0.5) is 0 Å². The van der Waals surface area contributed by atoms with Gasteiger partial charge in [-0.15, -0.1) is 0 Å². The molecule has 0 N–H and O–H groups in total. The van der Waals surface area contributed by atoms with Gasteiger partial charge in [-0.2, -0.15) is 0 Å². The highest BCUT2D eigenvalue weighted by molar-refractivity contribution is 5.75. The summed E-state index contributed by atoms with van der Waals surface area (Å²) in [5, 5.41) is 0. The van der Waals surface area contributed by atoms with Gasteiger partial charge in [-0.25, -0.2) is 0 Å². The highest BCUT2D eigenvalue weighted by atomic mass is 16.5. The summed E-state index contributed by atoms with van der Waals surface area (Å²) in [6, 6.07) is 7.06. The van der Waals surface area contributed by atoms with Crippen molar-refractivity contribution < 1.29 is 9.53 Å². The Balaban J connectivity index is 2.11. The molecule has 126 valence electrons. The quantitative estimate of drug-likeness (QED) is 0.850. The van der Waals surface area contributed by atoms with Crippen molar-refractivity contribution in [3.8, 4) is 5.75 Å². The molecule has 1 saturated heterocycles. The van der Waals surface area contributed by atoms with E-state index in [-0.39, 0.29) is 10.8 Å². The Bertz CT molecular complexity index is 626. The maximum absolute atomic E-state index is 11.6. The highest BCUT2D eigenvalue weighted by Crippen LogP contribution is 2.58. The Hall–Kier alpha value is -1.35. The third-order valence-electron chi connectivity index (χ3n) is 6.81. The van der Waals surface area contributed by atoms with E-state index < -0.39 is 0 Å². The summed E-state index contributed by atoms with van der Waals surface area (Å²) in [6.45, 7) is 7.64. The summed E-state index contributed by atoms with van der Waals surface area (Å²) in [5.74, 6) is 1.24. The van der Waals surface area contributed by atoms with Crippen molar-refractivity contribution >= 4 is 5.78 Å². The first kappa shape index (κ1) is 16.5. The normalized spacial score (nSPS) is 33.2. The lowest BCUT2D eigenvalue weighted by Crippen LogP contribution is -2.64. The van der Waals surface area contributed by atoms with Crippen LogP contribution >= 0.6 is 0 Å². The number of fused-ring (bicyclic) bond motifs is 4. The number of Topliss-reactive ketones (excluding diaryl/α,β-unsaturated/α-hetero) is 1. The van der Waals surface area contributed by atoms with E-state index in [2.05, 4.69) is 44.0 Å². The summed E-state index contributed by atoms with van der Waals surface area (Å²) in [4.78, 5) is 14.2. The number of carbonyl (C=O) groups is 1. The van der Waals surface area contributed by atoms with Crippen LogP contribution in [0.5, 0.6) is 5.75 Å². The van der Waals surface area contributed by atoms with Gasteiger partial charge in [-0.3, -0.25) is 0 Å². The van der Waals surface area contributed by atoms with Crippen molar-refractivity contribution in [3.63, 3.8) is 0 Å². The lowest BCUT2D eigenvalue weighted by atomic mass is 9.49. The number of hydrogen-bond acceptors (Lipinski definition) is 3. The van der Waals surface area contributed by atoms with Crippen LogP contribution in [0.1, 0.15) is 51.2 Å². The number of rotatable bonds is 4. The maximum atomic E-state index is 11.6. The van der Waals surface area contributed by atoms with E-state index in [1.54, 1.807) is 14.0 Å². The Morgan fingerprint density at radius 3 is 2.78 bits per heavy atom. The van der Waals surface area contributed by atoms with E-state index in [1.807, 2.05) is 0 Å². The Labute approximate surface area is 140 Å². The number of piperidine rings is 1. The monoisotopic (exact) mass is 315 g/mol. The first-order valence-corrected chi connectivity index (χ1v) is 8.69. The number of benzene rings is 1. The third kappa shape index (κ3) is 2.40. The lowest BCUT2D eigenvalue weighted by Gasteiger charge is -2.62. The number of ketones is 1. The van der Waals surface area contributed by atoms with Crippen molar-refractivity contribution in [2.75, 3.05) is 20.7 Å². The van der Waals surface area contributed by atoms with Gasteiger partial charge in [0.2, 0.25) is 0 Å². The second-order valence-corrected chi connectivity index (χ2v) is 7.93. The van der Waals surface area contributed by atoms with Crippen LogP contribution in [0, 0.1) is 5.41 Å². The molecule has 3 atom stereocenters. The number of hydrogen-bond donors (Lipinski definition) is 0. The summed E-state index contributed by atoms with van der Waals surface area (Å²) >= 11 is 0.